The molecule has 2 saturated heterocycles. The summed E-state index contributed by atoms with van der Waals surface area (Å²) in [6.07, 6.45) is 2.65. The minimum atomic E-state index is 0.620. The number of hydrogen-bond donors (Lipinski definition) is 1. The van der Waals surface area contributed by atoms with Crippen LogP contribution in [-0.2, 0) is 0 Å². The summed E-state index contributed by atoms with van der Waals surface area (Å²) in [5, 5.41) is 3.49. The number of piperidine rings is 1. The van der Waals surface area contributed by atoms with E-state index in [1.54, 1.807) is 0 Å². The molecule has 2 aliphatic heterocycles. The third kappa shape index (κ3) is 6.30. The Labute approximate surface area is 143 Å². The Morgan fingerprint density at radius 2 is 1.96 bits per heavy atom. The van der Waals surface area contributed by atoms with Crippen molar-refractivity contribution in [2.45, 2.75) is 33.6 Å². The van der Waals surface area contributed by atoms with Gasteiger partial charge in [-0.25, -0.2) is 0 Å². The van der Waals surface area contributed by atoms with Crippen molar-refractivity contribution in [3.05, 3.63) is 0 Å². The van der Waals surface area contributed by atoms with Crippen LogP contribution in [0.3, 0.4) is 0 Å². The van der Waals surface area contributed by atoms with Crippen LogP contribution >= 0.6 is 0 Å². The van der Waals surface area contributed by atoms with E-state index in [2.05, 4.69) is 47.8 Å². The Morgan fingerprint density at radius 1 is 1.22 bits per heavy atom. The fourth-order valence-electron chi connectivity index (χ4n) is 3.58. The molecule has 0 amide bonds. The maximum atomic E-state index is 4.95. The first-order valence-corrected chi connectivity index (χ1v) is 9.52. The van der Waals surface area contributed by atoms with Gasteiger partial charge < -0.3 is 20.0 Å². The van der Waals surface area contributed by atoms with E-state index >= 15 is 0 Å². The number of aliphatic imine (C=N–C) groups is 1. The van der Waals surface area contributed by atoms with Gasteiger partial charge in [-0.15, -0.1) is 0 Å². The van der Waals surface area contributed by atoms with Gasteiger partial charge in [-0.3, -0.25) is 4.99 Å². The van der Waals surface area contributed by atoms with E-state index in [9.17, 15) is 0 Å². The molecule has 2 aliphatic rings. The van der Waals surface area contributed by atoms with Gasteiger partial charge in [-0.2, -0.15) is 0 Å². The lowest BCUT2D eigenvalue weighted by molar-refractivity contribution is 0.140. The third-order valence-corrected chi connectivity index (χ3v) is 5.01. The van der Waals surface area contributed by atoms with Gasteiger partial charge >= 0.3 is 0 Å². The zero-order valence-electron chi connectivity index (χ0n) is 15.7. The highest BCUT2D eigenvalue weighted by atomic mass is 15.3. The molecule has 0 saturated carbocycles. The van der Waals surface area contributed by atoms with Crippen molar-refractivity contribution in [1.82, 2.24) is 20.0 Å². The normalized spacial score (nSPS) is 26.3. The molecule has 0 aromatic carbocycles. The molecule has 2 unspecified atom stereocenters. The molecule has 0 spiro atoms. The summed E-state index contributed by atoms with van der Waals surface area (Å²) in [7, 11) is 2.22. The second-order valence-electron chi connectivity index (χ2n) is 7.60. The molecule has 5 heteroatoms. The molecule has 0 aliphatic carbocycles. The highest BCUT2D eigenvalue weighted by Crippen LogP contribution is 2.15. The fraction of sp³-hybridized carbons (Fsp3) is 0.944. The van der Waals surface area contributed by atoms with Gasteiger partial charge in [0.25, 0.3) is 0 Å². The smallest absolute Gasteiger partial charge is 0.193 e. The number of nitrogens with one attached hydrogen (secondary N) is 1. The Kier molecular flexibility index (Phi) is 7.63. The SMILES string of the molecule is CCNC(=NCC(C)CN1CCN(C)CC1)N1CCCC(C)C1. The topological polar surface area (TPSA) is 34.1 Å². The Balaban J connectivity index is 1.81. The van der Waals surface area contributed by atoms with E-state index < -0.39 is 0 Å². The number of piperazine rings is 1. The summed E-state index contributed by atoms with van der Waals surface area (Å²) < 4.78 is 0. The summed E-state index contributed by atoms with van der Waals surface area (Å²) in [4.78, 5) is 12.4. The van der Waals surface area contributed by atoms with Gasteiger partial charge in [0.2, 0.25) is 0 Å². The van der Waals surface area contributed by atoms with Crippen molar-refractivity contribution in [2.75, 3.05) is 66.0 Å². The average Bonchev–Trinajstić information content (AvgIpc) is 2.53. The third-order valence-electron chi connectivity index (χ3n) is 5.01. The molecule has 0 aromatic heterocycles. The molecule has 5 nitrogen and oxygen atoms in total. The lowest BCUT2D eigenvalue weighted by Gasteiger charge is -2.35. The molecule has 2 fully saturated rings. The Hall–Kier alpha value is -0.810. The Bertz CT molecular complexity index is 362. The summed E-state index contributed by atoms with van der Waals surface area (Å²) in [5.74, 6) is 2.54. The highest BCUT2D eigenvalue weighted by molar-refractivity contribution is 5.80. The fourth-order valence-corrected chi connectivity index (χ4v) is 3.58. The van der Waals surface area contributed by atoms with Gasteiger partial charge in [0, 0.05) is 58.9 Å². The molecule has 0 radical (unpaired) electrons. The van der Waals surface area contributed by atoms with Crippen LogP contribution in [-0.4, -0.2) is 86.6 Å². The Morgan fingerprint density at radius 3 is 2.61 bits per heavy atom. The van der Waals surface area contributed by atoms with Gasteiger partial charge in [0.1, 0.15) is 0 Å². The summed E-state index contributed by atoms with van der Waals surface area (Å²) in [6.45, 7) is 17.0. The molecule has 2 rings (SSSR count). The quantitative estimate of drug-likeness (QED) is 0.615. The second-order valence-corrected chi connectivity index (χ2v) is 7.60. The van der Waals surface area contributed by atoms with Crippen molar-refractivity contribution < 1.29 is 0 Å². The van der Waals surface area contributed by atoms with Crippen LogP contribution in [0.2, 0.25) is 0 Å². The molecule has 1 N–H and O–H groups in total. The van der Waals surface area contributed by atoms with Crippen LogP contribution in [0.5, 0.6) is 0 Å². The van der Waals surface area contributed by atoms with Gasteiger partial charge in [0.15, 0.2) is 5.96 Å². The van der Waals surface area contributed by atoms with E-state index in [1.807, 2.05) is 0 Å². The van der Waals surface area contributed by atoms with Crippen molar-refractivity contribution in [1.29, 1.82) is 0 Å². The number of nitrogens with zero attached hydrogens (tertiary/aromatic N) is 4. The van der Waals surface area contributed by atoms with Crippen molar-refractivity contribution in [2.24, 2.45) is 16.8 Å². The number of likely N-dealkylation sites (tertiary alicyclic amines) is 1. The molecule has 0 aromatic rings. The van der Waals surface area contributed by atoms with E-state index in [1.165, 1.54) is 45.6 Å². The first-order chi connectivity index (χ1) is 11.1. The number of guanidine groups is 1. The summed E-state index contributed by atoms with van der Waals surface area (Å²) >= 11 is 0. The number of hydrogen-bond acceptors (Lipinski definition) is 3. The molecule has 2 heterocycles. The minimum Gasteiger partial charge on any atom is -0.357 e. The maximum Gasteiger partial charge on any atom is 0.193 e. The van der Waals surface area contributed by atoms with E-state index in [0.717, 1.165) is 38.1 Å². The van der Waals surface area contributed by atoms with Crippen molar-refractivity contribution in [3.63, 3.8) is 0 Å². The van der Waals surface area contributed by atoms with E-state index in [4.69, 9.17) is 4.99 Å². The van der Waals surface area contributed by atoms with Crippen LogP contribution in [0.25, 0.3) is 0 Å². The maximum absolute atomic E-state index is 4.95. The van der Waals surface area contributed by atoms with E-state index in [-0.39, 0.29) is 0 Å². The largest absolute Gasteiger partial charge is 0.357 e. The first kappa shape index (κ1) is 18.5. The van der Waals surface area contributed by atoms with Gasteiger partial charge in [-0.1, -0.05) is 13.8 Å². The zero-order valence-corrected chi connectivity index (χ0v) is 15.7. The predicted octanol–water partition coefficient (Wildman–Crippen LogP) is 1.57. The summed E-state index contributed by atoms with van der Waals surface area (Å²) in [5.41, 5.74) is 0. The minimum absolute atomic E-state index is 0.620. The van der Waals surface area contributed by atoms with Crippen LogP contribution in [0.1, 0.15) is 33.6 Å². The number of likely N-dealkylation sites (N-methyl/N-ethyl adjacent to an activating group) is 1. The summed E-state index contributed by atoms with van der Waals surface area (Å²) in [6, 6.07) is 0. The van der Waals surface area contributed by atoms with Crippen LogP contribution in [0.15, 0.2) is 4.99 Å². The predicted molar refractivity (Wildman–Crippen MR) is 99.1 cm³/mol. The molecule has 2 atom stereocenters. The highest BCUT2D eigenvalue weighted by Gasteiger charge is 2.20. The molecule has 0 bridgehead atoms. The van der Waals surface area contributed by atoms with Crippen molar-refractivity contribution in [3.8, 4) is 0 Å². The van der Waals surface area contributed by atoms with Gasteiger partial charge in [-0.05, 0) is 38.6 Å². The number of rotatable bonds is 5. The lowest BCUT2D eigenvalue weighted by atomic mass is 10.0. The standard InChI is InChI=1S/C18H37N5/c1-5-19-18(23-8-6-7-16(2)15-23)20-13-17(3)14-22-11-9-21(4)10-12-22/h16-17H,5-15H2,1-4H3,(H,19,20). The van der Waals surface area contributed by atoms with Crippen molar-refractivity contribution >= 4 is 5.96 Å². The van der Waals surface area contributed by atoms with Crippen LogP contribution < -0.4 is 5.32 Å². The van der Waals surface area contributed by atoms with Gasteiger partial charge in [0.05, 0.1) is 0 Å². The first-order valence-electron chi connectivity index (χ1n) is 9.52. The zero-order chi connectivity index (χ0) is 16.7. The molecule has 134 valence electrons. The van der Waals surface area contributed by atoms with Crippen LogP contribution in [0.4, 0.5) is 0 Å². The average molecular weight is 324 g/mol. The monoisotopic (exact) mass is 323 g/mol. The second kappa shape index (κ2) is 9.48. The van der Waals surface area contributed by atoms with E-state index in [0.29, 0.717) is 5.92 Å². The molecular formula is C18H37N5. The molecular weight excluding hydrogens is 286 g/mol. The van der Waals surface area contributed by atoms with Crippen LogP contribution in [0, 0.1) is 11.8 Å². The lowest BCUT2D eigenvalue weighted by Crippen LogP contribution is -2.47. The molecule has 23 heavy (non-hydrogen) atoms.